The molecule has 48 heavy (non-hydrogen) atoms. The van der Waals surface area contributed by atoms with Crippen LogP contribution in [0.1, 0.15) is 18.4 Å². The van der Waals surface area contributed by atoms with Gasteiger partial charge in [0, 0.05) is 75.7 Å². The predicted octanol–water partition coefficient (Wildman–Crippen LogP) is 4.82. The van der Waals surface area contributed by atoms with E-state index in [1.54, 1.807) is 31.6 Å². The standard InChI is InChI=1S/C33H41BrN10O3S/c1-20-15-26(28(47-3)16-27(20)44-18-21-5-6-22(19-44)31(21)43-13-11-42(2)12-14-43)39-33-37-17-23(34)32(40-33)38-25-8-7-24-29(36-10-9-35-24)30(25)41-48(4,45)46/h7-10,15-17,21-22,31,41H,5-6,11-14,18-19H2,1-4H3,(H2,37,38,39,40)/t21-,22+,31?. The molecule has 1 aliphatic carbocycles. The molecule has 0 spiro atoms. The Bertz CT molecular complexity index is 1920. The Morgan fingerprint density at radius 1 is 0.958 bits per heavy atom. The van der Waals surface area contributed by atoms with Crippen molar-refractivity contribution in [3.05, 3.63) is 52.9 Å². The molecule has 3 fully saturated rings. The molecule has 1 saturated carbocycles. The first-order valence-electron chi connectivity index (χ1n) is 16.2. The van der Waals surface area contributed by atoms with Crippen LogP contribution in [0.5, 0.6) is 5.75 Å². The smallest absolute Gasteiger partial charge is 0.229 e. The van der Waals surface area contributed by atoms with Crippen LogP contribution in [0.4, 0.5) is 34.5 Å². The number of halogens is 1. The second kappa shape index (κ2) is 13.3. The highest BCUT2D eigenvalue weighted by atomic mass is 79.9. The molecular formula is C33H41BrN10O3S. The lowest BCUT2D eigenvalue weighted by atomic mass is 9.89. The predicted molar refractivity (Wildman–Crippen MR) is 193 cm³/mol. The third-order valence-corrected chi connectivity index (χ3v) is 10.9. The molecule has 1 unspecified atom stereocenters. The summed E-state index contributed by atoms with van der Waals surface area (Å²) >= 11 is 3.53. The van der Waals surface area contributed by atoms with E-state index in [9.17, 15) is 8.42 Å². The van der Waals surface area contributed by atoms with Crippen LogP contribution in [0.3, 0.4) is 0 Å². The number of ether oxygens (including phenoxy) is 1. The summed E-state index contributed by atoms with van der Waals surface area (Å²) in [6, 6.07) is 8.41. The highest BCUT2D eigenvalue weighted by molar-refractivity contribution is 9.10. The van der Waals surface area contributed by atoms with E-state index in [4.69, 9.17) is 9.72 Å². The molecule has 13 nitrogen and oxygen atoms in total. The average molecular weight is 738 g/mol. The Labute approximate surface area is 289 Å². The quantitative estimate of drug-likeness (QED) is 0.217. The molecule has 3 N–H and O–H groups in total. The molecular weight excluding hydrogens is 696 g/mol. The lowest BCUT2D eigenvalue weighted by Gasteiger charge is -2.47. The van der Waals surface area contributed by atoms with Gasteiger partial charge in [-0.05, 0) is 78.3 Å². The van der Waals surface area contributed by atoms with Gasteiger partial charge >= 0.3 is 0 Å². The zero-order chi connectivity index (χ0) is 33.6. The first-order valence-corrected chi connectivity index (χ1v) is 18.9. The molecule has 2 aromatic heterocycles. The second-order valence-electron chi connectivity index (χ2n) is 13.1. The van der Waals surface area contributed by atoms with Crippen molar-refractivity contribution < 1.29 is 13.2 Å². The van der Waals surface area contributed by atoms with Crippen LogP contribution < -0.4 is 25.0 Å². The number of benzene rings is 2. The van der Waals surface area contributed by atoms with Crippen LogP contribution in [0.2, 0.25) is 0 Å². The van der Waals surface area contributed by atoms with Crippen molar-refractivity contribution in [1.82, 2.24) is 29.7 Å². The van der Waals surface area contributed by atoms with Crippen molar-refractivity contribution in [3.63, 3.8) is 0 Å². The van der Waals surface area contributed by atoms with Crippen molar-refractivity contribution >= 4 is 71.5 Å². The first-order chi connectivity index (χ1) is 23.1. The lowest BCUT2D eigenvalue weighted by Crippen LogP contribution is -2.57. The maximum Gasteiger partial charge on any atom is 0.229 e. The fourth-order valence-electron chi connectivity index (χ4n) is 7.58. The van der Waals surface area contributed by atoms with Gasteiger partial charge < -0.3 is 25.2 Å². The normalized spacial score (nSPS) is 21.8. The third kappa shape index (κ3) is 6.73. The first kappa shape index (κ1) is 32.7. The molecule has 0 radical (unpaired) electrons. The number of sulfonamides is 1. The van der Waals surface area contributed by atoms with Crippen molar-refractivity contribution in [1.29, 1.82) is 0 Å². The van der Waals surface area contributed by atoms with E-state index >= 15 is 0 Å². The molecule has 0 amide bonds. The molecule has 2 saturated heterocycles. The molecule has 2 aromatic carbocycles. The number of aryl methyl sites for hydroxylation is 1. The summed E-state index contributed by atoms with van der Waals surface area (Å²) in [6.45, 7) is 8.92. The van der Waals surface area contributed by atoms with Crippen molar-refractivity contribution in [2.75, 3.05) is 79.9 Å². The molecule has 4 aromatic rings. The van der Waals surface area contributed by atoms with Crippen LogP contribution in [-0.4, -0.2) is 104 Å². The van der Waals surface area contributed by atoms with Gasteiger partial charge in [0.2, 0.25) is 16.0 Å². The lowest BCUT2D eigenvalue weighted by molar-refractivity contribution is 0.0633. The van der Waals surface area contributed by atoms with Crippen LogP contribution in [0.15, 0.2) is 47.3 Å². The molecule has 15 heteroatoms. The molecule has 254 valence electrons. The summed E-state index contributed by atoms with van der Waals surface area (Å²) in [7, 11) is 0.287. The van der Waals surface area contributed by atoms with Crippen LogP contribution in [0.25, 0.3) is 11.0 Å². The van der Waals surface area contributed by atoms with Gasteiger partial charge in [0.05, 0.1) is 40.4 Å². The van der Waals surface area contributed by atoms with Gasteiger partial charge in [0.15, 0.2) is 0 Å². The van der Waals surface area contributed by atoms with Gasteiger partial charge in [-0.3, -0.25) is 19.6 Å². The number of aromatic nitrogens is 4. The van der Waals surface area contributed by atoms with E-state index < -0.39 is 10.0 Å². The average Bonchev–Trinajstić information content (AvgIpc) is 3.32. The largest absolute Gasteiger partial charge is 0.494 e. The number of likely N-dealkylation sites (N-methyl/N-ethyl adjacent to an activating group) is 1. The van der Waals surface area contributed by atoms with Crippen LogP contribution >= 0.6 is 15.9 Å². The number of hydrogen-bond acceptors (Lipinski definition) is 12. The molecule has 3 aliphatic rings. The van der Waals surface area contributed by atoms with Crippen LogP contribution in [0, 0.1) is 18.8 Å². The summed E-state index contributed by atoms with van der Waals surface area (Å²) in [5, 5.41) is 6.58. The minimum atomic E-state index is -3.61. The Hall–Kier alpha value is -3.79. The fraction of sp³-hybridized carbons (Fsp3) is 0.455. The van der Waals surface area contributed by atoms with E-state index in [0.29, 0.717) is 56.6 Å². The zero-order valence-corrected chi connectivity index (χ0v) is 30.0. The van der Waals surface area contributed by atoms with Gasteiger partial charge in [0.25, 0.3) is 0 Å². The summed E-state index contributed by atoms with van der Waals surface area (Å²) in [4.78, 5) is 25.6. The number of rotatable bonds is 9. The van der Waals surface area contributed by atoms with E-state index in [2.05, 4.69) is 87.0 Å². The highest BCUT2D eigenvalue weighted by Crippen LogP contribution is 2.44. The Kier molecular flexibility index (Phi) is 9.04. The van der Waals surface area contributed by atoms with Gasteiger partial charge in [-0.15, -0.1) is 0 Å². The van der Waals surface area contributed by atoms with Crippen molar-refractivity contribution in [2.24, 2.45) is 11.8 Å². The summed E-state index contributed by atoms with van der Waals surface area (Å²) in [6.07, 6.45) is 8.39. The maximum atomic E-state index is 12.3. The number of methoxy groups -OCH3 is 1. The SMILES string of the molecule is COc1cc(N2C[C@H]3CC[C@@H](C2)C3N2CCN(C)CC2)c(C)cc1Nc1ncc(Br)c(Nc2ccc3nccnc3c2NS(C)(=O)=O)n1. The van der Waals surface area contributed by atoms with Gasteiger partial charge in [-0.2, -0.15) is 4.98 Å². The van der Waals surface area contributed by atoms with E-state index in [1.165, 1.54) is 37.8 Å². The van der Waals surface area contributed by atoms with Gasteiger partial charge in [0.1, 0.15) is 17.1 Å². The van der Waals surface area contributed by atoms with E-state index in [0.717, 1.165) is 43.7 Å². The number of nitrogens with one attached hydrogen (secondary N) is 3. The van der Waals surface area contributed by atoms with Gasteiger partial charge in [-0.25, -0.2) is 13.4 Å². The Balaban J connectivity index is 1.11. The summed E-state index contributed by atoms with van der Waals surface area (Å²) in [5.41, 5.74) is 4.81. The Morgan fingerprint density at radius 2 is 1.69 bits per heavy atom. The highest BCUT2D eigenvalue weighted by Gasteiger charge is 2.45. The number of anilines is 6. The number of piperazine rings is 1. The number of hydrogen-bond donors (Lipinski definition) is 3. The Morgan fingerprint density at radius 3 is 2.40 bits per heavy atom. The van der Waals surface area contributed by atoms with Crippen molar-refractivity contribution in [3.8, 4) is 5.75 Å². The molecule has 3 atom stereocenters. The summed E-state index contributed by atoms with van der Waals surface area (Å²) < 4.78 is 33.6. The number of piperidine rings is 1. The van der Waals surface area contributed by atoms with E-state index in [-0.39, 0.29) is 5.69 Å². The van der Waals surface area contributed by atoms with Gasteiger partial charge in [-0.1, -0.05) is 0 Å². The topological polar surface area (TPSA) is 141 Å². The van der Waals surface area contributed by atoms with Crippen molar-refractivity contribution in [2.45, 2.75) is 25.8 Å². The minimum Gasteiger partial charge on any atom is -0.494 e. The summed E-state index contributed by atoms with van der Waals surface area (Å²) in [5.74, 6) is 2.84. The monoisotopic (exact) mass is 736 g/mol. The third-order valence-electron chi connectivity index (χ3n) is 9.77. The zero-order valence-electron chi connectivity index (χ0n) is 27.6. The molecule has 2 bridgehead atoms. The maximum absolute atomic E-state index is 12.3. The molecule has 2 aliphatic heterocycles. The minimum absolute atomic E-state index is 0.275. The molecule has 4 heterocycles. The molecule has 7 rings (SSSR count). The fourth-order valence-corrected chi connectivity index (χ4v) is 8.45. The number of nitrogens with zero attached hydrogens (tertiary/aromatic N) is 7. The number of fused-ring (bicyclic) bond motifs is 3. The van der Waals surface area contributed by atoms with E-state index in [1.807, 2.05) is 0 Å². The second-order valence-corrected chi connectivity index (χ2v) is 15.7. The van der Waals surface area contributed by atoms with Crippen LogP contribution in [-0.2, 0) is 10.0 Å².